The molecule has 0 atom stereocenters. The van der Waals surface area contributed by atoms with Crippen LogP contribution in [0.4, 0.5) is 5.69 Å². The maximum Gasteiger partial charge on any atom is 0.161 e. The normalized spacial score (nSPS) is 10.3. The number of aliphatic hydroxyl groups excluding tert-OH is 1. The summed E-state index contributed by atoms with van der Waals surface area (Å²) in [5.41, 5.74) is 7.64. The third kappa shape index (κ3) is 3.16. The quantitative estimate of drug-likeness (QED) is 0.648. The molecular formula is C16H17NO3. The number of Topliss-reactive ketones (excluding diaryl/α,β-unsaturated/α-hetero) is 1. The Hall–Kier alpha value is -2.33. The SMILES string of the molecule is CC(=O)c1ccc(Oc2ccccc2CCO)cc1N. The van der Waals surface area contributed by atoms with E-state index in [1.807, 2.05) is 24.3 Å². The van der Waals surface area contributed by atoms with Gasteiger partial charge in [0.15, 0.2) is 5.78 Å². The molecule has 0 unspecified atom stereocenters. The number of rotatable bonds is 5. The van der Waals surface area contributed by atoms with E-state index in [9.17, 15) is 4.79 Å². The second-order valence-corrected chi connectivity index (χ2v) is 4.49. The van der Waals surface area contributed by atoms with Crippen LogP contribution in [0.1, 0.15) is 22.8 Å². The van der Waals surface area contributed by atoms with Crippen LogP contribution >= 0.6 is 0 Å². The molecule has 0 bridgehead atoms. The fourth-order valence-corrected chi connectivity index (χ4v) is 1.98. The molecule has 0 aliphatic carbocycles. The average molecular weight is 271 g/mol. The Morgan fingerprint density at radius 2 is 2.00 bits per heavy atom. The van der Waals surface area contributed by atoms with Crippen molar-refractivity contribution in [1.29, 1.82) is 0 Å². The minimum Gasteiger partial charge on any atom is -0.457 e. The lowest BCUT2D eigenvalue weighted by Crippen LogP contribution is -2.00. The van der Waals surface area contributed by atoms with Crippen LogP contribution in [-0.4, -0.2) is 17.5 Å². The second kappa shape index (κ2) is 6.21. The molecule has 104 valence electrons. The van der Waals surface area contributed by atoms with Crippen molar-refractivity contribution < 1.29 is 14.6 Å². The molecule has 2 aromatic rings. The van der Waals surface area contributed by atoms with Crippen molar-refractivity contribution >= 4 is 11.5 Å². The molecule has 0 aliphatic heterocycles. The monoisotopic (exact) mass is 271 g/mol. The summed E-state index contributed by atoms with van der Waals surface area (Å²) in [6, 6.07) is 12.5. The fourth-order valence-electron chi connectivity index (χ4n) is 1.98. The molecule has 0 aliphatic rings. The van der Waals surface area contributed by atoms with Gasteiger partial charge in [-0.3, -0.25) is 4.79 Å². The Morgan fingerprint density at radius 1 is 1.25 bits per heavy atom. The highest BCUT2D eigenvalue weighted by molar-refractivity contribution is 5.99. The molecule has 2 aromatic carbocycles. The van der Waals surface area contributed by atoms with Crippen molar-refractivity contribution in [2.45, 2.75) is 13.3 Å². The fraction of sp³-hybridized carbons (Fsp3) is 0.188. The number of benzene rings is 2. The van der Waals surface area contributed by atoms with Crippen LogP contribution in [0.15, 0.2) is 42.5 Å². The number of hydrogen-bond donors (Lipinski definition) is 2. The van der Waals surface area contributed by atoms with Crippen LogP contribution in [0.5, 0.6) is 11.5 Å². The smallest absolute Gasteiger partial charge is 0.161 e. The zero-order chi connectivity index (χ0) is 14.5. The molecule has 0 radical (unpaired) electrons. The maximum absolute atomic E-state index is 11.3. The van der Waals surface area contributed by atoms with E-state index in [1.54, 1.807) is 18.2 Å². The molecule has 0 saturated heterocycles. The van der Waals surface area contributed by atoms with Gasteiger partial charge in [0.25, 0.3) is 0 Å². The Labute approximate surface area is 117 Å². The first kappa shape index (κ1) is 14.1. The minimum atomic E-state index is -0.0743. The first-order chi connectivity index (χ1) is 9.61. The van der Waals surface area contributed by atoms with Crippen LogP contribution in [0.2, 0.25) is 0 Å². The van der Waals surface area contributed by atoms with Crippen molar-refractivity contribution in [2.24, 2.45) is 0 Å². The Kier molecular flexibility index (Phi) is 4.38. The van der Waals surface area contributed by atoms with Gasteiger partial charge in [0.1, 0.15) is 11.5 Å². The van der Waals surface area contributed by atoms with Crippen LogP contribution in [0, 0.1) is 0 Å². The van der Waals surface area contributed by atoms with Crippen LogP contribution in [0.3, 0.4) is 0 Å². The van der Waals surface area contributed by atoms with Gasteiger partial charge in [-0.25, -0.2) is 0 Å². The van der Waals surface area contributed by atoms with E-state index < -0.39 is 0 Å². The van der Waals surface area contributed by atoms with Crippen LogP contribution in [-0.2, 0) is 6.42 Å². The van der Waals surface area contributed by atoms with Crippen molar-refractivity contribution in [3.8, 4) is 11.5 Å². The zero-order valence-electron chi connectivity index (χ0n) is 11.3. The third-order valence-corrected chi connectivity index (χ3v) is 2.98. The first-order valence-corrected chi connectivity index (χ1v) is 6.39. The molecule has 0 fully saturated rings. The lowest BCUT2D eigenvalue weighted by atomic mass is 10.1. The molecule has 0 heterocycles. The summed E-state index contributed by atoms with van der Waals surface area (Å²) >= 11 is 0. The predicted molar refractivity (Wildman–Crippen MR) is 78.2 cm³/mol. The molecule has 4 nitrogen and oxygen atoms in total. The van der Waals surface area contributed by atoms with Gasteiger partial charge < -0.3 is 15.6 Å². The number of ketones is 1. The average Bonchev–Trinajstić information content (AvgIpc) is 2.41. The number of aliphatic hydroxyl groups is 1. The van der Waals surface area contributed by atoms with Crippen molar-refractivity contribution in [2.75, 3.05) is 12.3 Å². The number of hydrogen-bond acceptors (Lipinski definition) is 4. The van der Waals surface area contributed by atoms with Gasteiger partial charge in [0.2, 0.25) is 0 Å². The van der Waals surface area contributed by atoms with E-state index in [-0.39, 0.29) is 12.4 Å². The largest absolute Gasteiger partial charge is 0.457 e. The topological polar surface area (TPSA) is 72.5 Å². The summed E-state index contributed by atoms with van der Waals surface area (Å²) in [5.74, 6) is 1.17. The third-order valence-electron chi connectivity index (χ3n) is 2.98. The lowest BCUT2D eigenvalue weighted by molar-refractivity contribution is 0.101. The molecule has 2 rings (SSSR count). The summed E-state index contributed by atoms with van der Waals surface area (Å²) in [7, 11) is 0. The summed E-state index contributed by atoms with van der Waals surface area (Å²) in [5, 5.41) is 9.04. The molecule has 0 saturated carbocycles. The Morgan fingerprint density at radius 3 is 2.65 bits per heavy atom. The highest BCUT2D eigenvalue weighted by Crippen LogP contribution is 2.28. The van der Waals surface area contributed by atoms with E-state index in [2.05, 4.69) is 0 Å². The number of para-hydroxylation sites is 1. The number of ether oxygens (including phenoxy) is 1. The number of carbonyl (C=O) groups is 1. The molecule has 3 N–H and O–H groups in total. The molecule has 4 heteroatoms. The molecule has 0 amide bonds. The second-order valence-electron chi connectivity index (χ2n) is 4.49. The van der Waals surface area contributed by atoms with Crippen LogP contribution in [0.25, 0.3) is 0 Å². The summed E-state index contributed by atoms with van der Waals surface area (Å²) < 4.78 is 5.78. The van der Waals surface area contributed by atoms with E-state index in [0.717, 1.165) is 5.56 Å². The highest BCUT2D eigenvalue weighted by atomic mass is 16.5. The van der Waals surface area contributed by atoms with E-state index >= 15 is 0 Å². The Bertz CT molecular complexity index is 623. The first-order valence-electron chi connectivity index (χ1n) is 6.39. The van der Waals surface area contributed by atoms with Gasteiger partial charge in [0, 0.05) is 23.9 Å². The number of nitrogen functional groups attached to an aromatic ring is 1. The predicted octanol–water partition coefficient (Wildman–Crippen LogP) is 2.80. The summed E-state index contributed by atoms with van der Waals surface area (Å²) in [6.45, 7) is 1.54. The van der Waals surface area contributed by atoms with Crippen molar-refractivity contribution in [3.05, 3.63) is 53.6 Å². The Balaban J connectivity index is 2.26. The number of anilines is 1. The number of carbonyl (C=O) groups excluding carboxylic acids is 1. The number of nitrogens with two attached hydrogens (primary N) is 1. The minimum absolute atomic E-state index is 0.0613. The van der Waals surface area contributed by atoms with Gasteiger partial charge >= 0.3 is 0 Å². The maximum atomic E-state index is 11.3. The molecular weight excluding hydrogens is 254 g/mol. The zero-order valence-corrected chi connectivity index (χ0v) is 11.3. The van der Waals surface area contributed by atoms with E-state index in [4.69, 9.17) is 15.6 Å². The molecule has 20 heavy (non-hydrogen) atoms. The van der Waals surface area contributed by atoms with Gasteiger partial charge in [0.05, 0.1) is 0 Å². The van der Waals surface area contributed by atoms with Crippen LogP contribution < -0.4 is 10.5 Å². The lowest BCUT2D eigenvalue weighted by Gasteiger charge is -2.11. The van der Waals surface area contributed by atoms with Crippen molar-refractivity contribution in [1.82, 2.24) is 0 Å². The molecule has 0 spiro atoms. The van der Waals surface area contributed by atoms with E-state index in [1.165, 1.54) is 6.92 Å². The highest BCUT2D eigenvalue weighted by Gasteiger charge is 2.08. The van der Waals surface area contributed by atoms with E-state index in [0.29, 0.717) is 29.2 Å². The van der Waals surface area contributed by atoms with Gasteiger partial charge in [-0.15, -0.1) is 0 Å². The summed E-state index contributed by atoms with van der Waals surface area (Å²) in [4.78, 5) is 11.3. The van der Waals surface area contributed by atoms with Crippen molar-refractivity contribution in [3.63, 3.8) is 0 Å². The van der Waals surface area contributed by atoms with Gasteiger partial charge in [-0.05, 0) is 37.1 Å². The van der Waals surface area contributed by atoms with Gasteiger partial charge in [-0.1, -0.05) is 18.2 Å². The van der Waals surface area contributed by atoms with Gasteiger partial charge in [-0.2, -0.15) is 0 Å². The summed E-state index contributed by atoms with van der Waals surface area (Å²) in [6.07, 6.45) is 0.525. The standard InChI is InChI=1S/C16H17NO3/c1-11(19)14-7-6-13(10-15(14)17)20-16-5-3-2-4-12(16)8-9-18/h2-7,10,18H,8-9,17H2,1H3. The molecule has 0 aromatic heterocycles.